The van der Waals surface area contributed by atoms with Gasteiger partial charge in [-0.15, -0.1) is 36.9 Å². The number of rotatable bonds is 3. The van der Waals surface area contributed by atoms with Gasteiger partial charge in [-0.05, 0) is 29.6 Å². The third-order valence-electron chi connectivity index (χ3n) is 2.38. The molecule has 1 atom stereocenters. The Hall–Kier alpha value is -0.760. The Morgan fingerprint density at radius 2 is 1.95 bits per heavy atom. The fourth-order valence-corrected chi connectivity index (χ4v) is 2.73. The second-order valence-electron chi connectivity index (χ2n) is 3.72. The maximum Gasteiger partial charge on any atom is 0.573 e. The van der Waals surface area contributed by atoms with Gasteiger partial charge in [-0.3, -0.25) is 0 Å². The molecule has 2 nitrogen and oxygen atoms in total. The summed E-state index contributed by atoms with van der Waals surface area (Å²) in [6, 6.07) is 7.17. The van der Waals surface area contributed by atoms with E-state index in [1.165, 1.54) is 29.5 Å². The molecule has 0 radical (unpaired) electrons. The van der Waals surface area contributed by atoms with E-state index < -0.39 is 12.4 Å². The number of alkyl halides is 3. The van der Waals surface area contributed by atoms with Crippen LogP contribution in [0.1, 0.15) is 16.5 Å². The van der Waals surface area contributed by atoms with Crippen molar-refractivity contribution >= 4 is 39.7 Å². The Bertz CT molecular complexity index is 562. The molecule has 1 aromatic heterocycles. The van der Waals surface area contributed by atoms with E-state index in [0.717, 1.165) is 4.88 Å². The summed E-state index contributed by atoms with van der Waals surface area (Å²) in [5, 5.41) is 1.82. The lowest BCUT2D eigenvalue weighted by Crippen LogP contribution is -2.20. The van der Waals surface area contributed by atoms with E-state index in [4.69, 9.17) is 5.73 Å². The van der Waals surface area contributed by atoms with Gasteiger partial charge in [0.25, 0.3) is 0 Å². The smallest absolute Gasteiger partial charge is 0.405 e. The van der Waals surface area contributed by atoms with Gasteiger partial charge in [0.15, 0.2) is 0 Å². The molecule has 0 spiro atoms. The topological polar surface area (TPSA) is 35.2 Å². The van der Waals surface area contributed by atoms with Crippen LogP contribution >= 0.6 is 39.7 Å². The van der Waals surface area contributed by atoms with E-state index >= 15 is 0 Å². The quantitative estimate of drug-likeness (QED) is 0.813. The first-order valence-corrected chi connectivity index (χ1v) is 6.88. The average Bonchev–Trinajstić information content (AvgIpc) is 2.82. The molecular weight excluding hydrogens is 379 g/mol. The van der Waals surface area contributed by atoms with Crippen molar-refractivity contribution in [3.05, 3.63) is 50.6 Å². The molecule has 0 amide bonds. The second kappa shape index (κ2) is 6.80. The van der Waals surface area contributed by atoms with Crippen molar-refractivity contribution < 1.29 is 17.9 Å². The Morgan fingerprint density at radius 3 is 2.50 bits per heavy atom. The molecule has 0 unspecified atom stereocenters. The molecule has 0 fully saturated rings. The van der Waals surface area contributed by atoms with Crippen molar-refractivity contribution in [2.24, 2.45) is 5.73 Å². The molecule has 20 heavy (non-hydrogen) atoms. The van der Waals surface area contributed by atoms with Crippen molar-refractivity contribution in [1.82, 2.24) is 0 Å². The van der Waals surface area contributed by atoms with Gasteiger partial charge in [0.2, 0.25) is 0 Å². The lowest BCUT2D eigenvalue weighted by Gasteiger charge is -2.17. The number of halogens is 5. The highest BCUT2D eigenvalue weighted by Crippen LogP contribution is 2.35. The van der Waals surface area contributed by atoms with Gasteiger partial charge in [-0.25, -0.2) is 0 Å². The van der Waals surface area contributed by atoms with Crippen molar-refractivity contribution in [3.8, 4) is 5.75 Å². The van der Waals surface area contributed by atoms with Gasteiger partial charge in [0.05, 0.1) is 6.04 Å². The van der Waals surface area contributed by atoms with Crippen LogP contribution in [0.25, 0.3) is 0 Å². The number of nitrogens with two attached hydrogens (primary N) is 1. The molecule has 2 N–H and O–H groups in total. The average molecular weight is 389 g/mol. The summed E-state index contributed by atoms with van der Waals surface area (Å²) in [4.78, 5) is 0.769. The standard InChI is InChI=1S/C12H9BrF3NOS.ClH/c13-7-3-4-9(18-12(14,15)16)8(6-7)11(17)10-2-1-5-19-10;/h1-6,11H,17H2;1H/t11-;/m1./s1. The van der Waals surface area contributed by atoms with E-state index in [1.54, 1.807) is 12.1 Å². The number of ether oxygens (including phenoxy) is 1. The van der Waals surface area contributed by atoms with Crippen LogP contribution < -0.4 is 10.5 Å². The maximum absolute atomic E-state index is 12.4. The molecule has 0 bridgehead atoms. The lowest BCUT2D eigenvalue weighted by molar-refractivity contribution is -0.274. The van der Waals surface area contributed by atoms with E-state index in [9.17, 15) is 13.2 Å². The third-order valence-corrected chi connectivity index (χ3v) is 3.83. The molecule has 2 rings (SSSR count). The SMILES string of the molecule is Cl.N[C@@H](c1cccs1)c1cc(Br)ccc1OC(F)(F)F. The molecule has 0 saturated heterocycles. The zero-order valence-corrected chi connectivity index (χ0v) is 13.1. The fraction of sp³-hybridized carbons (Fsp3) is 0.167. The second-order valence-corrected chi connectivity index (χ2v) is 5.62. The maximum atomic E-state index is 12.4. The van der Waals surface area contributed by atoms with E-state index in [2.05, 4.69) is 20.7 Å². The number of hydrogen-bond acceptors (Lipinski definition) is 3. The fourth-order valence-electron chi connectivity index (χ4n) is 1.60. The van der Waals surface area contributed by atoms with Crippen LogP contribution in [-0.2, 0) is 0 Å². The Morgan fingerprint density at radius 1 is 1.25 bits per heavy atom. The Kier molecular flexibility index (Phi) is 5.88. The minimum absolute atomic E-state index is 0. The minimum atomic E-state index is -4.74. The first-order valence-electron chi connectivity index (χ1n) is 5.21. The number of thiophene rings is 1. The molecule has 0 aliphatic rings. The summed E-state index contributed by atoms with van der Waals surface area (Å²) < 4.78 is 41.7. The molecule has 110 valence electrons. The van der Waals surface area contributed by atoms with Crippen LogP contribution in [0.2, 0.25) is 0 Å². The van der Waals surface area contributed by atoms with Gasteiger partial charge in [0.1, 0.15) is 5.75 Å². The normalized spacial score (nSPS) is 12.7. The van der Waals surface area contributed by atoms with Crippen molar-refractivity contribution in [2.75, 3.05) is 0 Å². The van der Waals surface area contributed by atoms with Crippen molar-refractivity contribution in [2.45, 2.75) is 12.4 Å². The van der Waals surface area contributed by atoms with Crippen LogP contribution in [0, 0.1) is 0 Å². The highest BCUT2D eigenvalue weighted by molar-refractivity contribution is 9.10. The third kappa shape index (κ3) is 4.37. The Labute approximate surface area is 132 Å². The molecule has 1 heterocycles. The zero-order chi connectivity index (χ0) is 14.0. The molecule has 1 aromatic carbocycles. The van der Waals surface area contributed by atoms with Crippen LogP contribution in [0.4, 0.5) is 13.2 Å². The summed E-state index contributed by atoms with van der Waals surface area (Å²) in [5.74, 6) is -0.281. The van der Waals surface area contributed by atoms with Gasteiger partial charge in [-0.1, -0.05) is 22.0 Å². The molecule has 0 aliphatic carbocycles. The summed E-state index contributed by atoms with van der Waals surface area (Å²) in [7, 11) is 0. The largest absolute Gasteiger partial charge is 0.573 e. The highest BCUT2D eigenvalue weighted by atomic mass is 79.9. The van der Waals surface area contributed by atoms with Gasteiger partial charge < -0.3 is 10.5 Å². The highest BCUT2D eigenvalue weighted by Gasteiger charge is 2.33. The van der Waals surface area contributed by atoms with Crippen molar-refractivity contribution in [1.29, 1.82) is 0 Å². The monoisotopic (exact) mass is 387 g/mol. The first-order chi connectivity index (χ1) is 8.87. The molecule has 0 saturated carbocycles. The van der Waals surface area contributed by atoms with E-state index in [-0.39, 0.29) is 23.7 Å². The van der Waals surface area contributed by atoms with Gasteiger partial charge in [-0.2, -0.15) is 0 Å². The molecule has 2 aromatic rings. The summed E-state index contributed by atoms with van der Waals surface area (Å²) in [6.07, 6.45) is -4.74. The van der Waals surface area contributed by atoms with Gasteiger partial charge >= 0.3 is 6.36 Å². The van der Waals surface area contributed by atoms with Crippen LogP contribution in [0.15, 0.2) is 40.2 Å². The molecule has 8 heteroatoms. The number of benzene rings is 1. The minimum Gasteiger partial charge on any atom is -0.405 e. The van der Waals surface area contributed by atoms with Crippen LogP contribution in [0.5, 0.6) is 5.75 Å². The predicted octanol–water partition coefficient (Wildman–Crippen LogP) is 4.88. The summed E-state index contributed by atoms with van der Waals surface area (Å²) in [6.45, 7) is 0. The summed E-state index contributed by atoms with van der Waals surface area (Å²) in [5.41, 5.74) is 6.28. The zero-order valence-electron chi connectivity index (χ0n) is 9.86. The van der Waals surface area contributed by atoms with E-state index in [1.807, 2.05) is 5.38 Å². The Balaban J connectivity index is 0.00000200. The number of hydrogen-bond donors (Lipinski definition) is 1. The lowest BCUT2D eigenvalue weighted by atomic mass is 10.1. The van der Waals surface area contributed by atoms with E-state index in [0.29, 0.717) is 4.47 Å². The molecular formula is C12H10BrClF3NOS. The first kappa shape index (κ1) is 17.3. The van der Waals surface area contributed by atoms with Gasteiger partial charge in [0, 0.05) is 14.9 Å². The predicted molar refractivity (Wildman–Crippen MR) is 78.4 cm³/mol. The molecule has 0 aliphatic heterocycles. The summed E-state index contributed by atoms with van der Waals surface area (Å²) >= 11 is 4.60. The van der Waals surface area contributed by atoms with Crippen LogP contribution in [-0.4, -0.2) is 6.36 Å². The van der Waals surface area contributed by atoms with Crippen LogP contribution in [0.3, 0.4) is 0 Å². The van der Waals surface area contributed by atoms with Crippen molar-refractivity contribution in [3.63, 3.8) is 0 Å².